The predicted octanol–water partition coefficient (Wildman–Crippen LogP) is 5.56. The van der Waals surface area contributed by atoms with E-state index in [1.807, 2.05) is 42.2 Å². The van der Waals surface area contributed by atoms with E-state index < -0.39 is 5.97 Å². The van der Waals surface area contributed by atoms with Gasteiger partial charge in [-0.2, -0.15) is 0 Å². The largest absolute Gasteiger partial charge is 0.488 e. The molecule has 4 fully saturated rings. The van der Waals surface area contributed by atoms with Gasteiger partial charge in [0, 0.05) is 42.7 Å². The number of morpholine rings is 1. The fraction of sp³-hybridized carbons (Fsp3) is 0.485. The van der Waals surface area contributed by atoms with E-state index in [1.54, 1.807) is 11.3 Å². The number of piperidine rings is 1. The minimum Gasteiger partial charge on any atom is -0.488 e. The van der Waals surface area contributed by atoms with E-state index in [4.69, 9.17) is 14.5 Å². The van der Waals surface area contributed by atoms with E-state index >= 15 is 0 Å². The first-order valence-corrected chi connectivity index (χ1v) is 15.9. The van der Waals surface area contributed by atoms with Gasteiger partial charge in [0.15, 0.2) is 5.13 Å². The summed E-state index contributed by atoms with van der Waals surface area (Å²) in [7, 11) is 0. The molecule has 1 aliphatic carbocycles. The molecule has 1 unspecified atom stereocenters. The number of hydrogen-bond donors (Lipinski definition) is 1. The zero-order valence-electron chi connectivity index (χ0n) is 24.1. The van der Waals surface area contributed by atoms with Crippen molar-refractivity contribution in [2.45, 2.75) is 58.3 Å². The van der Waals surface area contributed by atoms with Crippen molar-refractivity contribution < 1.29 is 24.2 Å². The van der Waals surface area contributed by atoms with Crippen molar-refractivity contribution in [3.8, 4) is 17.0 Å². The zero-order valence-corrected chi connectivity index (χ0v) is 24.9. The first-order chi connectivity index (χ1) is 20.3. The lowest BCUT2D eigenvalue weighted by Gasteiger charge is -2.35. The van der Waals surface area contributed by atoms with E-state index in [9.17, 15) is 14.7 Å². The van der Waals surface area contributed by atoms with Crippen LogP contribution in [-0.4, -0.2) is 65.3 Å². The number of aliphatic carboxylic acids is 1. The molecule has 3 aromatic rings. The molecule has 3 saturated heterocycles. The summed E-state index contributed by atoms with van der Waals surface area (Å²) >= 11 is 1.61. The number of rotatable bonds is 7. The number of amides is 1. The predicted molar refractivity (Wildman–Crippen MR) is 161 cm³/mol. The molecule has 42 heavy (non-hydrogen) atoms. The van der Waals surface area contributed by atoms with Crippen molar-refractivity contribution >= 4 is 28.3 Å². The smallest absolute Gasteiger partial charge is 0.307 e. The molecule has 2 aromatic carbocycles. The number of carboxylic acid groups (broad SMARTS) is 1. The van der Waals surface area contributed by atoms with Crippen molar-refractivity contribution in [3.63, 3.8) is 0 Å². The van der Waals surface area contributed by atoms with E-state index in [-0.39, 0.29) is 35.9 Å². The van der Waals surface area contributed by atoms with Gasteiger partial charge in [0.05, 0.1) is 23.8 Å². The Morgan fingerprint density at radius 2 is 1.74 bits per heavy atom. The second-order valence-electron chi connectivity index (χ2n) is 12.5. The Kier molecular flexibility index (Phi) is 7.18. The highest BCUT2D eigenvalue weighted by molar-refractivity contribution is 7.14. The molecule has 8 nitrogen and oxygen atoms in total. The lowest BCUT2D eigenvalue weighted by molar-refractivity contribution is -0.144. The lowest BCUT2D eigenvalue weighted by atomic mass is 9.85. The third-order valence-electron chi connectivity index (χ3n) is 9.60. The Labute approximate surface area is 250 Å². The van der Waals surface area contributed by atoms with Gasteiger partial charge in [-0.3, -0.25) is 9.59 Å². The molecule has 4 heterocycles. The van der Waals surface area contributed by atoms with Crippen molar-refractivity contribution in [3.05, 3.63) is 64.0 Å². The summed E-state index contributed by atoms with van der Waals surface area (Å²) in [6.45, 7) is 7.34. The molecular formula is C33H37N3O5S. The number of carbonyl (C=O) groups is 2. The Bertz CT molecular complexity index is 1500. The molecule has 1 amide bonds. The van der Waals surface area contributed by atoms with Gasteiger partial charge in [-0.15, -0.1) is 11.3 Å². The highest BCUT2D eigenvalue weighted by Gasteiger charge is 2.46. The number of nitrogens with zero attached hydrogens (tertiary/aromatic N) is 3. The van der Waals surface area contributed by atoms with Gasteiger partial charge in [0.25, 0.3) is 5.91 Å². The number of benzene rings is 2. The summed E-state index contributed by atoms with van der Waals surface area (Å²) in [5, 5.41) is 12.7. The molecule has 1 aromatic heterocycles. The third kappa shape index (κ3) is 5.17. The van der Waals surface area contributed by atoms with E-state index in [2.05, 4.69) is 23.3 Å². The van der Waals surface area contributed by atoms with Crippen LogP contribution in [0.3, 0.4) is 0 Å². The fourth-order valence-electron chi connectivity index (χ4n) is 7.39. The van der Waals surface area contributed by atoms with Crippen molar-refractivity contribution in [1.29, 1.82) is 0 Å². The molecular weight excluding hydrogens is 550 g/mol. The molecule has 0 radical (unpaired) electrons. The van der Waals surface area contributed by atoms with Crippen molar-refractivity contribution in [1.82, 2.24) is 9.88 Å². The van der Waals surface area contributed by atoms with Gasteiger partial charge in [0.2, 0.25) is 0 Å². The summed E-state index contributed by atoms with van der Waals surface area (Å²) in [6, 6.07) is 12.0. The molecule has 9 heteroatoms. The number of thiazole rings is 1. The van der Waals surface area contributed by atoms with Crippen LogP contribution in [0.2, 0.25) is 0 Å². The van der Waals surface area contributed by atoms with Gasteiger partial charge in [-0.1, -0.05) is 17.7 Å². The first-order valence-electron chi connectivity index (χ1n) is 15.0. The van der Waals surface area contributed by atoms with Crippen LogP contribution in [0.25, 0.3) is 11.3 Å². The Balaban J connectivity index is 1.05. The lowest BCUT2D eigenvalue weighted by Crippen LogP contribution is -2.45. The summed E-state index contributed by atoms with van der Waals surface area (Å²) in [5.41, 5.74) is 5.73. The third-order valence-corrected chi connectivity index (χ3v) is 10.5. The molecule has 7 rings (SSSR count). The van der Waals surface area contributed by atoms with Crippen LogP contribution in [0.5, 0.6) is 5.75 Å². The van der Waals surface area contributed by atoms with Crippen molar-refractivity contribution in [2.24, 2.45) is 17.8 Å². The van der Waals surface area contributed by atoms with Crippen LogP contribution in [0.4, 0.5) is 5.13 Å². The van der Waals surface area contributed by atoms with Crippen LogP contribution < -0.4 is 9.64 Å². The average Bonchev–Trinajstić information content (AvgIpc) is 3.68. The summed E-state index contributed by atoms with van der Waals surface area (Å²) < 4.78 is 12.3. The van der Waals surface area contributed by atoms with E-state index in [1.165, 1.54) is 0 Å². The number of anilines is 1. The quantitative estimate of drug-likeness (QED) is 0.387. The molecule has 1 N–H and O–H groups in total. The van der Waals surface area contributed by atoms with Crippen LogP contribution in [0.1, 0.15) is 52.7 Å². The van der Waals surface area contributed by atoms with Gasteiger partial charge < -0.3 is 24.4 Å². The fourth-order valence-corrected chi connectivity index (χ4v) is 8.24. The molecule has 0 spiro atoms. The van der Waals surface area contributed by atoms with E-state index in [0.717, 1.165) is 77.6 Å². The molecule has 5 atom stereocenters. The Morgan fingerprint density at radius 1 is 1.00 bits per heavy atom. The minimum absolute atomic E-state index is 0.0751. The summed E-state index contributed by atoms with van der Waals surface area (Å²) in [5.74, 6) is 0.365. The molecule has 1 saturated carbocycles. The van der Waals surface area contributed by atoms with Crippen molar-refractivity contribution in [2.75, 3.05) is 31.1 Å². The van der Waals surface area contributed by atoms with Gasteiger partial charge >= 0.3 is 5.97 Å². The minimum atomic E-state index is -0.649. The molecule has 3 aliphatic heterocycles. The topological polar surface area (TPSA) is 92.2 Å². The Morgan fingerprint density at radius 3 is 2.43 bits per heavy atom. The zero-order chi connectivity index (χ0) is 29.0. The normalized spacial score (nSPS) is 26.5. The molecule has 4 bridgehead atoms. The van der Waals surface area contributed by atoms with Gasteiger partial charge in [-0.25, -0.2) is 4.98 Å². The number of carbonyl (C=O) groups excluding carboxylic acids is 1. The van der Waals surface area contributed by atoms with Crippen LogP contribution in [-0.2, 0) is 16.1 Å². The van der Waals surface area contributed by atoms with Gasteiger partial charge in [0.1, 0.15) is 12.4 Å². The Hall–Kier alpha value is -3.43. The maximum atomic E-state index is 13.2. The van der Waals surface area contributed by atoms with Crippen LogP contribution in [0, 0.1) is 31.6 Å². The first kappa shape index (κ1) is 27.4. The molecule has 220 valence electrons. The highest BCUT2D eigenvalue weighted by Crippen LogP contribution is 2.44. The van der Waals surface area contributed by atoms with E-state index in [0.29, 0.717) is 25.3 Å². The van der Waals surface area contributed by atoms with Gasteiger partial charge in [-0.05, 0) is 86.8 Å². The second-order valence-corrected chi connectivity index (χ2v) is 13.3. The molecule has 4 aliphatic rings. The number of carboxylic acids is 1. The monoisotopic (exact) mass is 587 g/mol. The number of likely N-dealkylation sites (tertiary alicyclic amines) is 1. The van der Waals surface area contributed by atoms with Crippen LogP contribution >= 0.6 is 11.3 Å². The van der Waals surface area contributed by atoms with Crippen LogP contribution in [0.15, 0.2) is 41.8 Å². The number of fused-ring (bicyclic) bond motifs is 4. The maximum Gasteiger partial charge on any atom is 0.307 e. The number of ether oxygens (including phenoxy) is 2. The number of aryl methyl sites for hydroxylation is 2. The highest BCUT2D eigenvalue weighted by atomic mass is 32.1. The number of aromatic nitrogens is 1. The average molecular weight is 588 g/mol. The maximum absolute atomic E-state index is 13.2. The number of hydrogen-bond acceptors (Lipinski definition) is 7. The summed E-state index contributed by atoms with van der Waals surface area (Å²) in [6.07, 6.45) is 4.40. The standard InChI is InChI=1S/C33H37N3O5S/c1-19-3-10-29(27(11-19)28-18-42-33(34-28)36-13-22-5-6-23(14-36)30(22)32(38)39)40-17-24-7-4-21(12-20(24)2)31(37)35-15-25-8-9-26(16-35)41-25/h3-4,7,10-12,18,22-23,25-26,30H,5-6,8-9,13-17H2,1-2H3,(H,38,39)/t22-,23+,25-,26+,30?. The SMILES string of the molecule is Cc1ccc(OCc2ccc(C(=O)N3C[C@H]4CC[C@@H](C3)O4)cc2C)c(-c2csc(N3C[C@H]4CC[C@@H](C3)C4C(=O)O)n2)c1. The summed E-state index contributed by atoms with van der Waals surface area (Å²) in [4.78, 5) is 34.2. The second kappa shape index (κ2) is 11.0.